The van der Waals surface area contributed by atoms with E-state index >= 15 is 0 Å². The van der Waals surface area contributed by atoms with E-state index in [4.69, 9.17) is 27.7 Å². The summed E-state index contributed by atoms with van der Waals surface area (Å²) < 4.78 is 5.94. The minimum atomic E-state index is -0.801. The number of guanidine groups is 2. The number of carbonyl (C=O) groups is 3. The van der Waals surface area contributed by atoms with Crippen LogP contribution in [0.25, 0.3) is 10.8 Å². The Morgan fingerprint density at radius 3 is 2.09 bits per heavy atom. The molecule has 0 radical (unpaired) electrons. The highest BCUT2D eigenvalue weighted by atomic mass is 16.5. The van der Waals surface area contributed by atoms with Crippen molar-refractivity contribution in [2.24, 2.45) is 32.9 Å². The molecule has 9 N–H and O–H groups in total. The summed E-state index contributed by atoms with van der Waals surface area (Å²) in [6.45, 7) is 1.90. The Kier molecular flexibility index (Phi) is 15.9. The largest absolute Gasteiger partial charge is 0.489 e. The lowest BCUT2D eigenvalue weighted by Gasteiger charge is -2.32. The smallest absolute Gasteiger partial charge is 0.243 e. The van der Waals surface area contributed by atoms with E-state index in [2.05, 4.69) is 15.3 Å². The summed E-state index contributed by atoms with van der Waals surface area (Å²) in [4.78, 5) is 53.9. The molecule has 1 aliphatic rings. The van der Waals surface area contributed by atoms with Crippen LogP contribution in [-0.4, -0.2) is 84.2 Å². The molecular formula is C44H55N9O4. The van der Waals surface area contributed by atoms with Crippen LogP contribution >= 0.6 is 0 Å². The first-order valence-corrected chi connectivity index (χ1v) is 19.5. The third-order valence-corrected chi connectivity index (χ3v) is 9.84. The lowest BCUT2D eigenvalue weighted by atomic mass is 10.0. The van der Waals surface area contributed by atoms with Gasteiger partial charge in [-0.3, -0.25) is 24.4 Å². The van der Waals surface area contributed by atoms with Gasteiger partial charge in [0, 0.05) is 45.2 Å². The lowest BCUT2D eigenvalue weighted by Crippen LogP contribution is -2.54. The molecule has 1 heterocycles. The molecule has 0 aromatic heterocycles. The zero-order valence-corrected chi connectivity index (χ0v) is 32.5. The van der Waals surface area contributed by atoms with Gasteiger partial charge in [0.1, 0.15) is 18.4 Å². The van der Waals surface area contributed by atoms with Crippen LogP contribution in [0.15, 0.2) is 119 Å². The van der Waals surface area contributed by atoms with Crippen LogP contribution in [0.5, 0.6) is 5.75 Å². The Labute approximate surface area is 334 Å². The van der Waals surface area contributed by atoms with Gasteiger partial charge in [0.15, 0.2) is 11.9 Å². The average Bonchev–Trinajstić information content (AvgIpc) is 3.23. The van der Waals surface area contributed by atoms with Crippen molar-refractivity contribution in [3.8, 4) is 5.75 Å². The topological polar surface area (TPSA) is 208 Å². The molecule has 0 bridgehead atoms. The number of hydrogen-bond donors (Lipinski definition) is 5. The Hall–Kier alpha value is -6.37. The highest BCUT2D eigenvalue weighted by Gasteiger charge is 2.31. The van der Waals surface area contributed by atoms with Gasteiger partial charge in [-0.25, -0.2) is 0 Å². The molecule has 57 heavy (non-hydrogen) atoms. The molecular weight excluding hydrogens is 719 g/mol. The molecule has 0 fully saturated rings. The van der Waals surface area contributed by atoms with Crippen LogP contribution in [0.3, 0.4) is 0 Å². The summed E-state index contributed by atoms with van der Waals surface area (Å²) in [6.07, 6.45) is 6.51. The SMILES string of the molecule is NC(N)=NCCC[C@H]1CN(C(=O)Cc2ccc3ccccc3c2)C/C=C/CN(C(=O)CCc2ccc(OCc3ccccc3)cc2)[C@H](CCCN=C(N)N)C(=O)N1. The van der Waals surface area contributed by atoms with E-state index in [0.717, 1.165) is 33.2 Å². The van der Waals surface area contributed by atoms with Crippen LogP contribution in [0.2, 0.25) is 0 Å². The van der Waals surface area contributed by atoms with Crippen molar-refractivity contribution in [2.75, 3.05) is 32.7 Å². The van der Waals surface area contributed by atoms with Gasteiger partial charge in [-0.2, -0.15) is 0 Å². The van der Waals surface area contributed by atoms with E-state index in [-0.39, 0.29) is 55.6 Å². The molecule has 0 unspecified atom stereocenters. The fourth-order valence-electron chi connectivity index (χ4n) is 6.83. The lowest BCUT2D eigenvalue weighted by molar-refractivity contribution is -0.140. The van der Waals surface area contributed by atoms with Crippen LogP contribution in [0, 0.1) is 0 Å². The summed E-state index contributed by atoms with van der Waals surface area (Å²) in [5.74, 6) is 0.137. The second-order valence-corrected chi connectivity index (χ2v) is 14.2. The molecule has 13 heteroatoms. The number of nitrogens with zero attached hydrogens (tertiary/aromatic N) is 4. The Bertz CT molecular complexity index is 2010. The van der Waals surface area contributed by atoms with Crippen LogP contribution in [-0.2, 0) is 33.8 Å². The number of nitrogens with one attached hydrogen (secondary N) is 1. The van der Waals surface area contributed by atoms with E-state index in [9.17, 15) is 14.4 Å². The van der Waals surface area contributed by atoms with Crippen molar-refractivity contribution in [3.63, 3.8) is 0 Å². The normalized spacial score (nSPS) is 16.5. The average molecular weight is 774 g/mol. The number of carbonyl (C=O) groups excluding carboxylic acids is 3. The van der Waals surface area contributed by atoms with Crippen LogP contribution < -0.4 is 33.0 Å². The van der Waals surface area contributed by atoms with E-state index in [0.29, 0.717) is 58.3 Å². The number of hydrogen-bond acceptors (Lipinski definition) is 6. The Balaban J connectivity index is 1.33. The summed E-state index contributed by atoms with van der Waals surface area (Å²) >= 11 is 0. The van der Waals surface area contributed by atoms with E-state index in [1.807, 2.05) is 109 Å². The van der Waals surface area contributed by atoms with Gasteiger partial charge in [0.2, 0.25) is 17.7 Å². The van der Waals surface area contributed by atoms with Gasteiger partial charge in [-0.1, -0.05) is 97.1 Å². The molecule has 0 saturated heterocycles. The zero-order chi connectivity index (χ0) is 40.4. The fraction of sp³-hybridized carbons (Fsp3) is 0.341. The minimum absolute atomic E-state index is 0.0128. The number of amides is 3. The number of fused-ring (bicyclic) bond motifs is 1. The molecule has 3 amide bonds. The zero-order valence-electron chi connectivity index (χ0n) is 32.5. The quantitative estimate of drug-likeness (QED) is 0.0489. The molecule has 4 aromatic carbocycles. The molecule has 2 atom stereocenters. The monoisotopic (exact) mass is 773 g/mol. The van der Waals surface area contributed by atoms with Crippen molar-refractivity contribution in [1.29, 1.82) is 0 Å². The van der Waals surface area contributed by atoms with Crippen molar-refractivity contribution < 1.29 is 19.1 Å². The van der Waals surface area contributed by atoms with E-state index in [1.165, 1.54) is 0 Å². The number of nitrogens with two attached hydrogens (primary N) is 4. The summed E-state index contributed by atoms with van der Waals surface area (Å²) in [7, 11) is 0. The summed E-state index contributed by atoms with van der Waals surface area (Å²) in [5.41, 5.74) is 25.2. The van der Waals surface area contributed by atoms with Gasteiger partial charge in [-0.05, 0) is 71.7 Å². The van der Waals surface area contributed by atoms with Crippen molar-refractivity contribution in [2.45, 2.75) is 63.6 Å². The van der Waals surface area contributed by atoms with E-state index in [1.54, 1.807) is 9.80 Å². The number of ether oxygens (including phenoxy) is 1. The molecule has 0 aliphatic carbocycles. The predicted molar refractivity (Wildman–Crippen MR) is 226 cm³/mol. The number of rotatable bonds is 16. The number of aryl methyl sites for hydroxylation is 1. The highest BCUT2D eigenvalue weighted by Crippen LogP contribution is 2.20. The van der Waals surface area contributed by atoms with Gasteiger partial charge in [0.25, 0.3) is 0 Å². The first-order valence-electron chi connectivity index (χ1n) is 19.5. The van der Waals surface area contributed by atoms with Crippen molar-refractivity contribution >= 4 is 40.4 Å². The van der Waals surface area contributed by atoms with Crippen LogP contribution in [0.4, 0.5) is 0 Å². The maximum atomic E-state index is 14.3. The third kappa shape index (κ3) is 13.7. The summed E-state index contributed by atoms with van der Waals surface area (Å²) in [5, 5.41) is 5.36. The molecule has 0 saturated carbocycles. The second-order valence-electron chi connectivity index (χ2n) is 14.2. The second kappa shape index (κ2) is 21.6. The Morgan fingerprint density at radius 1 is 0.719 bits per heavy atom. The third-order valence-electron chi connectivity index (χ3n) is 9.84. The van der Waals surface area contributed by atoms with Gasteiger partial charge < -0.3 is 42.8 Å². The maximum absolute atomic E-state index is 14.3. The molecule has 1 aliphatic heterocycles. The predicted octanol–water partition coefficient (Wildman–Crippen LogP) is 3.78. The van der Waals surface area contributed by atoms with Crippen molar-refractivity contribution in [3.05, 3.63) is 126 Å². The molecule has 300 valence electrons. The summed E-state index contributed by atoms with van der Waals surface area (Å²) in [6, 6.07) is 30.5. The van der Waals surface area contributed by atoms with Crippen LogP contribution in [0.1, 0.15) is 48.8 Å². The first-order chi connectivity index (χ1) is 27.6. The van der Waals surface area contributed by atoms with E-state index < -0.39 is 12.1 Å². The first kappa shape index (κ1) is 41.8. The molecule has 5 rings (SSSR count). The Morgan fingerprint density at radius 2 is 1.37 bits per heavy atom. The number of benzene rings is 4. The van der Waals surface area contributed by atoms with Gasteiger partial charge >= 0.3 is 0 Å². The molecule has 0 spiro atoms. The van der Waals surface area contributed by atoms with Gasteiger partial charge in [-0.15, -0.1) is 0 Å². The molecule has 4 aromatic rings. The fourth-order valence-corrected chi connectivity index (χ4v) is 6.83. The maximum Gasteiger partial charge on any atom is 0.243 e. The minimum Gasteiger partial charge on any atom is -0.489 e. The molecule has 13 nitrogen and oxygen atoms in total. The number of aliphatic imine (C=N–C) groups is 2. The highest BCUT2D eigenvalue weighted by molar-refractivity contribution is 5.88. The van der Waals surface area contributed by atoms with Gasteiger partial charge in [0.05, 0.1) is 6.42 Å². The standard InChI is InChI=1S/C44H55N9O4/c45-43(46)49-24-8-14-37-30-52(41(55)29-34-16-20-35-12-4-5-13-36(35)28-34)26-6-7-27-53(39(42(56)51-37)15-9-25-50-44(47)48)40(54)23-19-32-17-21-38(22-18-32)57-31-33-10-2-1-3-11-33/h1-7,10-13,16-18,20-22,28,37,39H,8-9,14-15,19,23-27,29-31H2,(H,51,56)(H4,45,46,49)(H4,47,48,50)/b7-6+/t37-,39+/m0/s1. The van der Waals surface area contributed by atoms with Crippen molar-refractivity contribution in [1.82, 2.24) is 15.1 Å².